The van der Waals surface area contributed by atoms with Crippen LogP contribution in [0.2, 0.25) is 0 Å². The summed E-state index contributed by atoms with van der Waals surface area (Å²) in [5.74, 6) is -11.8. The Morgan fingerprint density at radius 2 is 0.679 bits per heavy atom. The van der Waals surface area contributed by atoms with Gasteiger partial charge >= 0.3 is 5.97 Å². The molecule has 23 N–H and O–H groups in total. The van der Waals surface area contributed by atoms with Crippen LogP contribution >= 0.6 is 0 Å². The quantitative estimate of drug-likeness (QED) is 0.0156. The van der Waals surface area contributed by atoms with Crippen LogP contribution in [0.1, 0.15) is 128 Å². The van der Waals surface area contributed by atoms with E-state index in [2.05, 4.69) is 57.8 Å². The molecule has 0 spiro atoms. The second kappa shape index (κ2) is 37.2. The molecule has 0 aromatic heterocycles. The summed E-state index contributed by atoms with van der Waals surface area (Å²) < 4.78 is 0. The predicted octanol–water partition coefficient (Wildman–Crippen LogP) is -4.93. The Balaban J connectivity index is 6.41. The summed E-state index contributed by atoms with van der Waals surface area (Å²) in [6.45, 7) is 18.6. The number of carbonyl (C=O) groups is 10. The number of carbonyl (C=O) groups excluding carboxylic acids is 9. The van der Waals surface area contributed by atoms with Gasteiger partial charge in [-0.15, -0.1) is 0 Å². The van der Waals surface area contributed by atoms with Gasteiger partial charge < -0.3 is 96.9 Å². The zero-order valence-corrected chi connectivity index (χ0v) is 49.0. The number of nitrogens with two attached hydrogens (primary N) is 5. The Bertz CT molecular complexity index is 2130. The molecular weight excluding hydrogens is 1060 g/mol. The summed E-state index contributed by atoms with van der Waals surface area (Å²) in [4.78, 5) is 143. The van der Waals surface area contributed by atoms with Crippen molar-refractivity contribution in [3.05, 3.63) is 0 Å². The molecule has 0 aliphatic heterocycles. The molecule has 464 valence electrons. The number of carboxylic acid groups (broad SMARTS) is 1. The van der Waals surface area contributed by atoms with E-state index in [4.69, 9.17) is 28.7 Å². The van der Waals surface area contributed by atoms with E-state index >= 15 is 0 Å². The zero-order valence-electron chi connectivity index (χ0n) is 49.0. The predicted molar refractivity (Wildman–Crippen MR) is 301 cm³/mol. The van der Waals surface area contributed by atoms with E-state index in [1.807, 2.05) is 0 Å². The number of guanidine groups is 2. The third-order valence-corrected chi connectivity index (χ3v) is 12.3. The lowest BCUT2D eigenvalue weighted by molar-refractivity contribution is -0.143. The number of aliphatic carboxylic acids is 1. The molecule has 0 aromatic carbocycles. The lowest BCUT2D eigenvalue weighted by Gasteiger charge is -2.30. The summed E-state index contributed by atoms with van der Waals surface area (Å²) >= 11 is 0. The molecule has 9 amide bonds. The normalized spacial score (nSPS) is 15.9. The molecule has 0 fully saturated rings. The molecule has 0 aliphatic rings. The Hall–Kier alpha value is -6.92. The molecule has 30 heteroatoms. The van der Waals surface area contributed by atoms with Crippen LogP contribution in [0, 0.1) is 29.6 Å². The van der Waals surface area contributed by atoms with Crippen LogP contribution in [0.5, 0.6) is 0 Å². The molecule has 30 nitrogen and oxygen atoms in total. The molecule has 0 unspecified atom stereocenters. The molecule has 0 bridgehead atoms. The third kappa shape index (κ3) is 28.9. The van der Waals surface area contributed by atoms with Crippen LogP contribution < -0.4 is 76.5 Å². The van der Waals surface area contributed by atoms with E-state index in [0.717, 1.165) is 0 Å². The van der Waals surface area contributed by atoms with Gasteiger partial charge in [0.1, 0.15) is 54.4 Å². The topological polar surface area (TPSA) is 515 Å². The standard InChI is InChI=1S/C51H96N16O14/c1-23(2)19-32(42(73)63-35(22-68)44(75)65-37(27(9)10)46(77)67-39(29(12)70)47(78)59-31(49(80)81)16-14-18-58-51(55)56)60-41(72)33(20-24(3)4)62-48(79)38(28(11)69)66-43(74)34(21-25(5)6)61-45(76)36(26(7)8)64-40(71)30(52)15-13-17-57-50(53)54/h23-39,68-70H,13-22,52H2,1-12H3,(H,59,78)(H,60,72)(H,61,76)(H,62,79)(H,63,73)(H,64,71)(H,65,75)(H,66,74)(H,67,77)(H,80,81)(H4,53,54,57)(H4,55,56,58)/t28-,29-,30+,31+,32+,33+,34+,35+,36+,37+,38+,39+/m1/s1. The highest BCUT2D eigenvalue weighted by atomic mass is 16.4. The summed E-state index contributed by atoms with van der Waals surface area (Å²) in [6, 6.07) is -14.2. The van der Waals surface area contributed by atoms with Crippen molar-refractivity contribution < 1.29 is 68.4 Å². The van der Waals surface area contributed by atoms with Gasteiger partial charge in [0.05, 0.1) is 24.9 Å². The van der Waals surface area contributed by atoms with Gasteiger partial charge in [-0.1, -0.05) is 69.2 Å². The van der Waals surface area contributed by atoms with E-state index in [-0.39, 0.29) is 81.3 Å². The molecule has 0 saturated carbocycles. The first-order valence-corrected chi connectivity index (χ1v) is 27.3. The summed E-state index contributed by atoms with van der Waals surface area (Å²) in [5, 5.41) is 63.7. The minimum atomic E-state index is -1.72. The minimum absolute atomic E-state index is 0.0128. The molecule has 0 radical (unpaired) electrons. The first-order valence-electron chi connectivity index (χ1n) is 27.3. The fourth-order valence-electron chi connectivity index (χ4n) is 7.93. The smallest absolute Gasteiger partial charge is 0.326 e. The van der Waals surface area contributed by atoms with Crippen molar-refractivity contribution in [1.29, 1.82) is 0 Å². The lowest BCUT2D eigenvalue weighted by Crippen LogP contribution is -2.63. The van der Waals surface area contributed by atoms with E-state index in [9.17, 15) is 68.4 Å². The summed E-state index contributed by atoms with van der Waals surface area (Å²) in [5.41, 5.74) is 27.4. The number of aliphatic imine (C=N–C) groups is 2. The Morgan fingerprint density at radius 1 is 0.395 bits per heavy atom. The molecule has 0 rings (SSSR count). The molecule has 0 aromatic rings. The van der Waals surface area contributed by atoms with Gasteiger partial charge in [0.25, 0.3) is 0 Å². The van der Waals surface area contributed by atoms with Crippen LogP contribution in [0.3, 0.4) is 0 Å². The van der Waals surface area contributed by atoms with Gasteiger partial charge in [-0.2, -0.15) is 0 Å². The number of aliphatic hydroxyl groups excluding tert-OH is 3. The third-order valence-electron chi connectivity index (χ3n) is 12.3. The van der Waals surface area contributed by atoms with Gasteiger partial charge in [-0.05, 0) is 88.4 Å². The number of aliphatic hydroxyl groups is 3. The Labute approximate surface area is 474 Å². The molecular formula is C51H96N16O14. The van der Waals surface area contributed by atoms with E-state index < -0.39 is 150 Å². The van der Waals surface area contributed by atoms with Gasteiger partial charge in [0.15, 0.2) is 11.9 Å². The monoisotopic (exact) mass is 1160 g/mol. The lowest BCUT2D eigenvalue weighted by atomic mass is 9.98. The summed E-state index contributed by atoms with van der Waals surface area (Å²) in [6.07, 6.45) is -2.46. The van der Waals surface area contributed by atoms with Crippen LogP contribution in [0.25, 0.3) is 0 Å². The number of hydrogen-bond acceptors (Lipinski definition) is 16. The molecule has 81 heavy (non-hydrogen) atoms. The SMILES string of the molecule is CC(C)C[C@H](NC(=O)[C@H](CC(C)C)NC(=O)[C@@H](NC(=O)[C@H](CC(C)C)NC(=O)[C@@H](NC(=O)[C@@H](N)CCCN=C(N)N)C(C)C)[C@@H](C)O)C(=O)N[C@@H](CO)C(=O)N[C@H](C(=O)N[C@H](C(=O)N[C@@H](CCCN=C(N)N)C(=O)O)[C@@H](C)O)C(C)C. The number of nitrogens with one attached hydrogen (secondary N) is 9. The Morgan fingerprint density at radius 3 is 1.02 bits per heavy atom. The van der Waals surface area contributed by atoms with Crippen molar-refractivity contribution in [2.75, 3.05) is 19.7 Å². The van der Waals surface area contributed by atoms with E-state index in [0.29, 0.717) is 6.42 Å². The van der Waals surface area contributed by atoms with Gasteiger partial charge in [-0.3, -0.25) is 53.1 Å². The Kier molecular flexibility index (Phi) is 34.0. The molecule has 0 saturated heterocycles. The highest BCUT2D eigenvalue weighted by Crippen LogP contribution is 2.14. The first-order chi connectivity index (χ1) is 37.5. The maximum Gasteiger partial charge on any atom is 0.326 e. The second-order valence-corrected chi connectivity index (χ2v) is 22.1. The van der Waals surface area contributed by atoms with Crippen LogP contribution in [-0.4, -0.2) is 184 Å². The van der Waals surface area contributed by atoms with Crippen molar-refractivity contribution in [3.8, 4) is 0 Å². The highest BCUT2D eigenvalue weighted by molar-refractivity contribution is 5.99. The van der Waals surface area contributed by atoms with Crippen molar-refractivity contribution in [1.82, 2.24) is 47.9 Å². The van der Waals surface area contributed by atoms with Crippen molar-refractivity contribution in [2.24, 2.45) is 68.2 Å². The van der Waals surface area contributed by atoms with Crippen molar-refractivity contribution >= 4 is 71.1 Å². The maximum absolute atomic E-state index is 14.1. The van der Waals surface area contributed by atoms with Gasteiger partial charge in [-0.25, -0.2) is 4.79 Å². The largest absolute Gasteiger partial charge is 0.480 e. The zero-order chi connectivity index (χ0) is 62.6. The van der Waals surface area contributed by atoms with Crippen molar-refractivity contribution in [2.45, 2.75) is 201 Å². The van der Waals surface area contributed by atoms with Crippen molar-refractivity contribution in [3.63, 3.8) is 0 Å². The van der Waals surface area contributed by atoms with Gasteiger partial charge in [0, 0.05) is 13.1 Å². The maximum atomic E-state index is 14.1. The fourth-order valence-corrected chi connectivity index (χ4v) is 7.93. The molecule has 0 aliphatic carbocycles. The number of amides is 9. The van der Waals surface area contributed by atoms with E-state index in [1.165, 1.54) is 27.7 Å². The fraction of sp³-hybridized carbons (Fsp3) is 0.765. The van der Waals surface area contributed by atoms with Crippen LogP contribution in [0.15, 0.2) is 9.98 Å². The number of nitrogens with zero attached hydrogens (tertiary/aromatic N) is 2. The second-order valence-electron chi connectivity index (χ2n) is 22.1. The number of hydrogen-bond donors (Lipinski definition) is 18. The van der Waals surface area contributed by atoms with Crippen LogP contribution in [-0.2, 0) is 47.9 Å². The number of carboxylic acids is 1. The molecule has 12 atom stereocenters. The average molecular weight is 1160 g/mol. The van der Waals surface area contributed by atoms with Crippen LogP contribution in [0.4, 0.5) is 0 Å². The van der Waals surface area contributed by atoms with E-state index in [1.54, 1.807) is 55.4 Å². The minimum Gasteiger partial charge on any atom is -0.480 e. The molecule has 0 heterocycles. The first kappa shape index (κ1) is 74.1. The highest BCUT2D eigenvalue weighted by Gasteiger charge is 2.38. The van der Waals surface area contributed by atoms with Gasteiger partial charge in [0.2, 0.25) is 53.2 Å². The summed E-state index contributed by atoms with van der Waals surface area (Å²) in [7, 11) is 0. The average Bonchev–Trinajstić information content (AvgIpc) is 3.34. The number of rotatable bonds is 38.